The Morgan fingerprint density at radius 3 is 1.83 bits per heavy atom. The van der Waals surface area contributed by atoms with Gasteiger partial charge in [0.15, 0.2) is 0 Å². The van der Waals surface area contributed by atoms with Crippen LogP contribution in [0.4, 0.5) is 0 Å². The van der Waals surface area contributed by atoms with E-state index in [-0.39, 0.29) is 0 Å². The third-order valence-electron chi connectivity index (χ3n) is 2.17. The average molecular weight is 174 g/mol. The van der Waals surface area contributed by atoms with Gasteiger partial charge in [0.2, 0.25) is 0 Å². The molecule has 0 spiro atoms. The van der Waals surface area contributed by atoms with Crippen molar-refractivity contribution in [3.8, 4) is 0 Å². The molecule has 2 unspecified atom stereocenters. The summed E-state index contributed by atoms with van der Waals surface area (Å²) >= 11 is 0. The molecule has 1 aliphatic heterocycles. The first-order valence-corrected chi connectivity index (χ1v) is 4.52. The van der Waals surface area contributed by atoms with E-state index in [9.17, 15) is 10.2 Å². The molecule has 4 nitrogen and oxygen atoms in total. The van der Waals surface area contributed by atoms with Crippen molar-refractivity contribution in [2.24, 2.45) is 0 Å². The van der Waals surface area contributed by atoms with Gasteiger partial charge in [-0.25, -0.2) is 5.01 Å². The number of aliphatic hydroxyl groups is 2. The van der Waals surface area contributed by atoms with Crippen LogP contribution in [0.1, 0.15) is 26.7 Å². The summed E-state index contributed by atoms with van der Waals surface area (Å²) in [5.74, 6) is 0. The van der Waals surface area contributed by atoms with Crippen LogP contribution >= 0.6 is 0 Å². The van der Waals surface area contributed by atoms with E-state index in [0.717, 1.165) is 25.9 Å². The van der Waals surface area contributed by atoms with Gasteiger partial charge in [0.25, 0.3) is 0 Å². The van der Waals surface area contributed by atoms with Gasteiger partial charge in [0.05, 0.1) is 0 Å². The van der Waals surface area contributed by atoms with Crippen molar-refractivity contribution < 1.29 is 10.2 Å². The Bertz CT molecular complexity index is 125. The summed E-state index contributed by atoms with van der Waals surface area (Å²) in [6.07, 6.45) is 1.08. The average Bonchev–Trinajstić information content (AvgIpc) is 2.37. The normalized spacial score (nSPS) is 24.8. The lowest BCUT2D eigenvalue weighted by atomic mass is 10.4. The Morgan fingerprint density at radius 1 is 1.08 bits per heavy atom. The number of hydrogen-bond acceptors (Lipinski definition) is 4. The maximum Gasteiger partial charge on any atom is 0.120 e. The van der Waals surface area contributed by atoms with Gasteiger partial charge in [-0.15, -0.1) is 0 Å². The predicted octanol–water partition coefficient (Wildman–Crippen LogP) is -0.0242. The summed E-state index contributed by atoms with van der Waals surface area (Å²) < 4.78 is 0. The summed E-state index contributed by atoms with van der Waals surface area (Å²) in [5, 5.41) is 22.4. The Kier molecular flexibility index (Phi) is 3.46. The minimum absolute atomic E-state index is 0.608. The molecule has 0 bridgehead atoms. The fourth-order valence-corrected chi connectivity index (χ4v) is 1.72. The highest BCUT2D eigenvalue weighted by atomic mass is 16.3. The van der Waals surface area contributed by atoms with Crippen molar-refractivity contribution in [2.75, 3.05) is 13.1 Å². The van der Waals surface area contributed by atoms with E-state index in [2.05, 4.69) is 0 Å². The number of aliphatic hydroxyl groups excluding tert-OH is 2. The van der Waals surface area contributed by atoms with E-state index in [1.165, 1.54) is 0 Å². The number of hydrogen-bond donors (Lipinski definition) is 2. The molecule has 1 rings (SSSR count). The first kappa shape index (κ1) is 9.92. The molecule has 1 fully saturated rings. The highest BCUT2D eigenvalue weighted by Crippen LogP contribution is 2.14. The molecule has 0 aliphatic carbocycles. The second kappa shape index (κ2) is 4.18. The summed E-state index contributed by atoms with van der Waals surface area (Å²) in [6, 6.07) is 0. The van der Waals surface area contributed by atoms with Crippen LogP contribution in [0.5, 0.6) is 0 Å². The zero-order chi connectivity index (χ0) is 9.14. The first-order chi connectivity index (χ1) is 5.63. The lowest BCUT2D eigenvalue weighted by Gasteiger charge is -2.35. The lowest BCUT2D eigenvalue weighted by molar-refractivity contribution is -0.198. The molecular formula is C8H18N2O2. The van der Waals surface area contributed by atoms with Crippen molar-refractivity contribution >= 4 is 0 Å². The van der Waals surface area contributed by atoms with Crippen molar-refractivity contribution in [3.05, 3.63) is 0 Å². The number of rotatable bonds is 3. The molecule has 0 aromatic carbocycles. The fourth-order valence-electron chi connectivity index (χ4n) is 1.72. The van der Waals surface area contributed by atoms with E-state index < -0.39 is 12.5 Å². The largest absolute Gasteiger partial charge is 0.377 e. The first-order valence-electron chi connectivity index (χ1n) is 4.52. The van der Waals surface area contributed by atoms with Crippen LogP contribution in [0.15, 0.2) is 0 Å². The predicted molar refractivity (Wildman–Crippen MR) is 46.0 cm³/mol. The minimum Gasteiger partial charge on any atom is -0.377 e. The van der Waals surface area contributed by atoms with Gasteiger partial charge in [-0.2, -0.15) is 5.01 Å². The van der Waals surface area contributed by atoms with Crippen LogP contribution in [0, 0.1) is 0 Å². The molecule has 2 N–H and O–H groups in total. The molecule has 0 aromatic heterocycles. The summed E-state index contributed by atoms with van der Waals surface area (Å²) in [5.41, 5.74) is 0. The van der Waals surface area contributed by atoms with E-state index in [1.54, 1.807) is 18.9 Å². The summed E-state index contributed by atoms with van der Waals surface area (Å²) in [4.78, 5) is 0. The molecule has 4 heteroatoms. The second-order valence-corrected chi connectivity index (χ2v) is 3.30. The van der Waals surface area contributed by atoms with Gasteiger partial charge < -0.3 is 10.2 Å². The van der Waals surface area contributed by atoms with Crippen molar-refractivity contribution in [1.82, 2.24) is 10.0 Å². The summed E-state index contributed by atoms with van der Waals surface area (Å²) in [7, 11) is 0. The lowest BCUT2D eigenvalue weighted by Crippen LogP contribution is -2.51. The molecule has 1 aliphatic rings. The highest BCUT2D eigenvalue weighted by Gasteiger charge is 2.25. The maximum absolute atomic E-state index is 9.37. The van der Waals surface area contributed by atoms with Crippen molar-refractivity contribution in [3.63, 3.8) is 0 Å². The third-order valence-corrected chi connectivity index (χ3v) is 2.17. The molecule has 1 heterocycles. The third kappa shape index (κ3) is 2.17. The van der Waals surface area contributed by atoms with Gasteiger partial charge in [-0.05, 0) is 26.7 Å². The van der Waals surface area contributed by atoms with E-state index in [4.69, 9.17) is 0 Å². The molecule has 1 saturated heterocycles. The molecular weight excluding hydrogens is 156 g/mol. The van der Waals surface area contributed by atoms with Crippen molar-refractivity contribution in [2.45, 2.75) is 39.1 Å². The second-order valence-electron chi connectivity index (χ2n) is 3.30. The number of nitrogens with zero attached hydrogens (tertiary/aromatic N) is 2. The Hall–Kier alpha value is -0.160. The SMILES string of the molecule is CC(O)N(C(C)O)N1CCCC1. The van der Waals surface area contributed by atoms with Crippen LogP contribution in [0.2, 0.25) is 0 Å². The van der Waals surface area contributed by atoms with E-state index >= 15 is 0 Å². The molecule has 2 atom stereocenters. The van der Waals surface area contributed by atoms with Crippen molar-refractivity contribution in [1.29, 1.82) is 0 Å². The van der Waals surface area contributed by atoms with Gasteiger partial charge in [-0.1, -0.05) is 0 Å². The van der Waals surface area contributed by atoms with E-state index in [1.807, 2.05) is 5.01 Å². The molecule has 0 amide bonds. The standard InChI is InChI=1S/C8H18N2O2/c1-7(11)10(8(2)12)9-5-3-4-6-9/h7-8,11-12H,3-6H2,1-2H3. The number of hydrazine groups is 1. The van der Waals surface area contributed by atoms with Crippen LogP contribution in [-0.4, -0.2) is 45.8 Å². The molecule has 0 aromatic rings. The molecule has 72 valence electrons. The minimum atomic E-state index is -0.608. The van der Waals surface area contributed by atoms with Gasteiger partial charge in [0.1, 0.15) is 12.5 Å². The van der Waals surface area contributed by atoms with E-state index in [0.29, 0.717) is 0 Å². The quantitative estimate of drug-likeness (QED) is 0.590. The van der Waals surface area contributed by atoms with Crippen LogP contribution in [0.25, 0.3) is 0 Å². The monoisotopic (exact) mass is 174 g/mol. The summed E-state index contributed by atoms with van der Waals surface area (Å²) in [6.45, 7) is 5.22. The molecule has 0 saturated carbocycles. The van der Waals surface area contributed by atoms with Gasteiger partial charge >= 0.3 is 0 Å². The van der Waals surface area contributed by atoms with Gasteiger partial charge in [-0.3, -0.25) is 0 Å². The fraction of sp³-hybridized carbons (Fsp3) is 1.00. The Balaban J connectivity index is 2.52. The zero-order valence-corrected chi connectivity index (χ0v) is 7.77. The maximum atomic E-state index is 9.37. The topological polar surface area (TPSA) is 46.9 Å². The van der Waals surface area contributed by atoms with Gasteiger partial charge in [0, 0.05) is 13.1 Å². The molecule has 0 radical (unpaired) electrons. The van der Waals surface area contributed by atoms with Crippen LogP contribution < -0.4 is 0 Å². The smallest absolute Gasteiger partial charge is 0.120 e. The molecule has 12 heavy (non-hydrogen) atoms. The highest BCUT2D eigenvalue weighted by molar-refractivity contribution is 4.66. The Labute approximate surface area is 73.4 Å². The zero-order valence-electron chi connectivity index (χ0n) is 7.77. The van der Waals surface area contributed by atoms with Crippen LogP contribution in [0.3, 0.4) is 0 Å². The Morgan fingerprint density at radius 2 is 1.50 bits per heavy atom. The van der Waals surface area contributed by atoms with Crippen LogP contribution in [-0.2, 0) is 0 Å².